The molecule has 5 heteroatoms. The van der Waals surface area contributed by atoms with Crippen molar-refractivity contribution in [1.82, 2.24) is 4.90 Å². The zero-order valence-electron chi connectivity index (χ0n) is 12.9. The average molecular weight is 293 g/mol. The van der Waals surface area contributed by atoms with Crippen LogP contribution in [0.4, 0.5) is 4.79 Å². The molecule has 1 aromatic rings. The fraction of sp³-hybridized carbons (Fsp3) is 0.500. The molecule has 0 N–H and O–H groups in total. The molecule has 0 heterocycles. The Morgan fingerprint density at radius 1 is 1.14 bits per heavy atom. The number of hydrogen-bond acceptors (Lipinski definition) is 4. The van der Waals surface area contributed by atoms with Crippen molar-refractivity contribution in [2.75, 3.05) is 19.8 Å². The first kappa shape index (κ1) is 17.0. The van der Waals surface area contributed by atoms with Gasteiger partial charge in [0.15, 0.2) is 0 Å². The predicted molar refractivity (Wildman–Crippen MR) is 79.7 cm³/mol. The van der Waals surface area contributed by atoms with E-state index in [0.717, 1.165) is 5.56 Å². The lowest BCUT2D eigenvalue weighted by Crippen LogP contribution is -2.37. The van der Waals surface area contributed by atoms with Crippen LogP contribution in [0.5, 0.6) is 0 Å². The first-order valence-electron chi connectivity index (χ1n) is 7.14. The molecule has 0 bridgehead atoms. The van der Waals surface area contributed by atoms with Crippen molar-refractivity contribution in [3.8, 4) is 0 Å². The normalized spacial score (nSPS) is 10.3. The first-order chi connectivity index (χ1) is 10.0. The monoisotopic (exact) mass is 293 g/mol. The summed E-state index contributed by atoms with van der Waals surface area (Å²) in [5, 5.41) is 0. The summed E-state index contributed by atoms with van der Waals surface area (Å²) in [7, 11) is 0. The van der Waals surface area contributed by atoms with E-state index in [0.29, 0.717) is 19.8 Å². The molecular weight excluding hydrogens is 270 g/mol. The second-order valence-electron chi connectivity index (χ2n) is 5.12. The van der Waals surface area contributed by atoms with E-state index in [1.54, 1.807) is 6.92 Å². The molecule has 0 unspecified atom stereocenters. The summed E-state index contributed by atoms with van der Waals surface area (Å²) >= 11 is 0. The average Bonchev–Trinajstić information content (AvgIpc) is 2.45. The number of hydrogen-bond donors (Lipinski definition) is 0. The molecule has 1 rings (SSSR count). The molecule has 0 atom stereocenters. The highest BCUT2D eigenvalue weighted by Gasteiger charge is 2.20. The third-order valence-electron chi connectivity index (χ3n) is 2.64. The maximum absolute atomic E-state index is 12.1. The molecule has 1 amide bonds. The van der Waals surface area contributed by atoms with Crippen LogP contribution in [0.25, 0.3) is 0 Å². The van der Waals surface area contributed by atoms with Crippen LogP contribution in [0.15, 0.2) is 30.3 Å². The van der Waals surface area contributed by atoms with Crippen LogP contribution in [0, 0.1) is 5.92 Å². The van der Waals surface area contributed by atoms with Gasteiger partial charge in [0.1, 0.15) is 6.54 Å². The number of ether oxygens (including phenoxy) is 2. The van der Waals surface area contributed by atoms with Gasteiger partial charge in [0.25, 0.3) is 0 Å². The molecule has 0 aliphatic carbocycles. The van der Waals surface area contributed by atoms with Gasteiger partial charge in [0.2, 0.25) is 0 Å². The molecule has 5 nitrogen and oxygen atoms in total. The van der Waals surface area contributed by atoms with Crippen molar-refractivity contribution in [1.29, 1.82) is 0 Å². The lowest BCUT2D eigenvalue weighted by Gasteiger charge is -2.21. The van der Waals surface area contributed by atoms with E-state index in [2.05, 4.69) is 0 Å². The van der Waals surface area contributed by atoms with Gasteiger partial charge in [-0.25, -0.2) is 4.79 Å². The molecule has 0 radical (unpaired) electrons. The van der Waals surface area contributed by atoms with E-state index >= 15 is 0 Å². The quantitative estimate of drug-likeness (QED) is 0.725. The topological polar surface area (TPSA) is 55.8 Å². The van der Waals surface area contributed by atoms with Gasteiger partial charge in [-0.15, -0.1) is 0 Å². The summed E-state index contributed by atoms with van der Waals surface area (Å²) < 4.78 is 10.1. The van der Waals surface area contributed by atoms with Gasteiger partial charge in [0, 0.05) is 6.54 Å². The number of esters is 1. The SMILES string of the molecule is CCOC(=O)CN(Cc1ccccc1)C(=O)OCC(C)C. The van der Waals surface area contributed by atoms with Gasteiger partial charge in [-0.3, -0.25) is 9.69 Å². The molecular formula is C16H23NO4. The summed E-state index contributed by atoms with van der Waals surface area (Å²) in [5.41, 5.74) is 0.934. The summed E-state index contributed by atoms with van der Waals surface area (Å²) in [4.78, 5) is 25.1. The van der Waals surface area contributed by atoms with Crippen LogP contribution in [-0.4, -0.2) is 36.7 Å². The van der Waals surface area contributed by atoms with Gasteiger partial charge in [-0.2, -0.15) is 0 Å². The lowest BCUT2D eigenvalue weighted by atomic mass is 10.2. The van der Waals surface area contributed by atoms with Gasteiger partial charge in [-0.05, 0) is 18.4 Å². The summed E-state index contributed by atoms with van der Waals surface area (Å²) in [6.45, 7) is 6.47. The van der Waals surface area contributed by atoms with Crippen LogP contribution < -0.4 is 0 Å². The third-order valence-corrected chi connectivity index (χ3v) is 2.64. The summed E-state index contributed by atoms with van der Waals surface area (Å²) in [6, 6.07) is 9.46. The Morgan fingerprint density at radius 2 is 1.81 bits per heavy atom. The summed E-state index contributed by atoms with van der Waals surface area (Å²) in [6.07, 6.45) is -0.499. The molecule has 0 spiro atoms. The van der Waals surface area contributed by atoms with Crippen LogP contribution in [0.2, 0.25) is 0 Å². The Bertz CT molecular complexity index is 445. The lowest BCUT2D eigenvalue weighted by molar-refractivity contribution is -0.144. The third kappa shape index (κ3) is 6.79. The van der Waals surface area contributed by atoms with E-state index in [1.165, 1.54) is 4.90 Å². The second kappa shape index (κ2) is 9.00. The molecule has 116 valence electrons. The van der Waals surface area contributed by atoms with Crippen LogP contribution >= 0.6 is 0 Å². The van der Waals surface area contributed by atoms with Gasteiger partial charge >= 0.3 is 12.1 Å². The zero-order chi connectivity index (χ0) is 15.7. The number of carbonyl (C=O) groups is 2. The van der Waals surface area contributed by atoms with E-state index in [4.69, 9.17) is 9.47 Å². The molecule has 0 aliphatic rings. The molecule has 0 aromatic heterocycles. The Labute approximate surface area is 125 Å². The molecule has 1 aromatic carbocycles. The number of carbonyl (C=O) groups excluding carboxylic acids is 2. The fourth-order valence-corrected chi connectivity index (χ4v) is 1.68. The smallest absolute Gasteiger partial charge is 0.410 e. The highest BCUT2D eigenvalue weighted by atomic mass is 16.6. The standard InChI is InChI=1S/C16H23NO4/c1-4-20-15(18)11-17(16(19)21-12-13(2)3)10-14-8-6-5-7-9-14/h5-9,13H,4,10-12H2,1-3H3. The largest absolute Gasteiger partial charge is 0.465 e. The fourth-order valence-electron chi connectivity index (χ4n) is 1.68. The number of amides is 1. The van der Waals surface area contributed by atoms with E-state index in [9.17, 15) is 9.59 Å². The van der Waals surface area contributed by atoms with Gasteiger partial charge < -0.3 is 9.47 Å². The van der Waals surface area contributed by atoms with Crippen molar-refractivity contribution in [2.24, 2.45) is 5.92 Å². The van der Waals surface area contributed by atoms with E-state index < -0.39 is 12.1 Å². The Kier molecular flexibility index (Phi) is 7.29. The number of benzene rings is 1. The Morgan fingerprint density at radius 3 is 2.38 bits per heavy atom. The maximum Gasteiger partial charge on any atom is 0.410 e. The number of rotatable bonds is 7. The Hall–Kier alpha value is -2.04. The number of nitrogens with zero attached hydrogens (tertiary/aromatic N) is 1. The van der Waals surface area contributed by atoms with E-state index in [-0.39, 0.29) is 12.5 Å². The molecule has 0 saturated carbocycles. The molecule has 0 saturated heterocycles. The van der Waals surface area contributed by atoms with Crippen molar-refractivity contribution in [3.05, 3.63) is 35.9 Å². The highest BCUT2D eigenvalue weighted by Crippen LogP contribution is 2.07. The minimum atomic E-state index is -0.499. The predicted octanol–water partition coefficient (Wildman–Crippen LogP) is 2.84. The van der Waals surface area contributed by atoms with Gasteiger partial charge in [-0.1, -0.05) is 44.2 Å². The van der Waals surface area contributed by atoms with Crippen LogP contribution in [0.3, 0.4) is 0 Å². The van der Waals surface area contributed by atoms with Crippen molar-refractivity contribution in [2.45, 2.75) is 27.3 Å². The summed E-state index contributed by atoms with van der Waals surface area (Å²) in [5.74, 6) is -0.190. The van der Waals surface area contributed by atoms with E-state index in [1.807, 2.05) is 44.2 Å². The van der Waals surface area contributed by atoms with Crippen LogP contribution in [0.1, 0.15) is 26.3 Å². The Balaban J connectivity index is 2.69. The minimum absolute atomic E-state index is 0.111. The molecule has 21 heavy (non-hydrogen) atoms. The molecule has 0 fully saturated rings. The zero-order valence-corrected chi connectivity index (χ0v) is 12.9. The first-order valence-corrected chi connectivity index (χ1v) is 7.14. The molecule has 0 aliphatic heterocycles. The second-order valence-corrected chi connectivity index (χ2v) is 5.12. The highest BCUT2D eigenvalue weighted by molar-refractivity contribution is 5.78. The van der Waals surface area contributed by atoms with Crippen molar-refractivity contribution < 1.29 is 19.1 Å². The minimum Gasteiger partial charge on any atom is -0.465 e. The van der Waals surface area contributed by atoms with Crippen LogP contribution in [-0.2, 0) is 20.8 Å². The van der Waals surface area contributed by atoms with Crippen molar-refractivity contribution in [3.63, 3.8) is 0 Å². The van der Waals surface area contributed by atoms with Gasteiger partial charge in [0.05, 0.1) is 13.2 Å². The van der Waals surface area contributed by atoms with Crippen molar-refractivity contribution >= 4 is 12.1 Å². The maximum atomic E-state index is 12.1.